The molecule has 0 heterocycles. The largest absolute Gasteiger partial charge is 0.380 e. The van der Waals surface area contributed by atoms with Gasteiger partial charge in [-0.3, -0.25) is 0 Å². The molecule has 2 nitrogen and oxygen atoms in total. The lowest BCUT2D eigenvalue weighted by molar-refractivity contribution is 0.0472. The third kappa shape index (κ3) is 2.39. The number of rotatable bonds is 2. The van der Waals surface area contributed by atoms with Crippen molar-refractivity contribution in [3.63, 3.8) is 0 Å². The predicted molar refractivity (Wildman–Crippen MR) is 61.8 cm³/mol. The Morgan fingerprint density at radius 2 is 1.93 bits per heavy atom. The smallest absolute Gasteiger partial charge is 0.0727 e. The monoisotopic (exact) mass is 205 g/mol. The average molecular weight is 205 g/mol. The summed E-state index contributed by atoms with van der Waals surface area (Å²) in [6.07, 6.45) is 3.54. The van der Waals surface area contributed by atoms with Gasteiger partial charge in [-0.1, -0.05) is 30.3 Å². The first-order valence-corrected chi connectivity index (χ1v) is 5.64. The van der Waals surface area contributed by atoms with Crippen molar-refractivity contribution < 1.29 is 4.74 Å². The summed E-state index contributed by atoms with van der Waals surface area (Å²) in [5.74, 6) is 0.621. The summed E-state index contributed by atoms with van der Waals surface area (Å²) < 4.78 is 5.43. The molecule has 2 N–H and O–H groups in total. The summed E-state index contributed by atoms with van der Waals surface area (Å²) in [6.45, 7) is 0. The van der Waals surface area contributed by atoms with E-state index in [1.165, 1.54) is 12.0 Å². The molecule has 1 aromatic carbocycles. The number of benzene rings is 1. The summed E-state index contributed by atoms with van der Waals surface area (Å²) in [4.78, 5) is 0. The van der Waals surface area contributed by atoms with Crippen molar-refractivity contribution in [1.29, 1.82) is 0 Å². The highest BCUT2D eigenvalue weighted by Gasteiger charge is 2.28. The van der Waals surface area contributed by atoms with E-state index >= 15 is 0 Å². The second kappa shape index (κ2) is 4.77. The van der Waals surface area contributed by atoms with E-state index in [1.807, 2.05) is 0 Å². The van der Waals surface area contributed by atoms with Crippen LogP contribution in [0.2, 0.25) is 0 Å². The van der Waals surface area contributed by atoms with Crippen molar-refractivity contribution in [2.24, 2.45) is 5.73 Å². The van der Waals surface area contributed by atoms with Gasteiger partial charge in [-0.05, 0) is 30.7 Å². The highest BCUT2D eigenvalue weighted by atomic mass is 16.5. The molecule has 3 atom stereocenters. The van der Waals surface area contributed by atoms with Gasteiger partial charge in [0.25, 0.3) is 0 Å². The molecule has 0 aromatic heterocycles. The van der Waals surface area contributed by atoms with Crippen LogP contribution in [0.15, 0.2) is 30.3 Å². The van der Waals surface area contributed by atoms with Crippen LogP contribution in [-0.4, -0.2) is 19.3 Å². The molecule has 2 rings (SSSR count). The Balaban J connectivity index is 2.06. The van der Waals surface area contributed by atoms with Crippen LogP contribution in [0, 0.1) is 0 Å². The SMILES string of the molecule is CO[C@@H]1C[C@H](c2ccccc2)CC[C@H]1N. The molecule has 82 valence electrons. The Morgan fingerprint density at radius 3 is 2.60 bits per heavy atom. The van der Waals surface area contributed by atoms with Crippen LogP contribution < -0.4 is 5.73 Å². The highest BCUT2D eigenvalue weighted by Crippen LogP contribution is 2.33. The first-order valence-electron chi connectivity index (χ1n) is 5.64. The van der Waals surface area contributed by atoms with Crippen LogP contribution in [0.1, 0.15) is 30.7 Å². The quantitative estimate of drug-likeness (QED) is 0.804. The molecular weight excluding hydrogens is 186 g/mol. The average Bonchev–Trinajstić information content (AvgIpc) is 2.31. The van der Waals surface area contributed by atoms with Crippen LogP contribution in [-0.2, 0) is 4.74 Å². The van der Waals surface area contributed by atoms with Gasteiger partial charge in [-0.25, -0.2) is 0 Å². The zero-order valence-electron chi connectivity index (χ0n) is 9.23. The summed E-state index contributed by atoms with van der Waals surface area (Å²) in [6, 6.07) is 10.9. The topological polar surface area (TPSA) is 35.2 Å². The highest BCUT2D eigenvalue weighted by molar-refractivity contribution is 5.20. The molecule has 0 unspecified atom stereocenters. The van der Waals surface area contributed by atoms with Crippen molar-refractivity contribution in [3.8, 4) is 0 Å². The summed E-state index contributed by atoms with van der Waals surface area (Å²) >= 11 is 0. The van der Waals surface area contributed by atoms with E-state index in [-0.39, 0.29) is 12.1 Å². The van der Waals surface area contributed by atoms with E-state index in [2.05, 4.69) is 30.3 Å². The Labute approximate surface area is 91.4 Å². The molecule has 1 aromatic rings. The minimum Gasteiger partial charge on any atom is -0.380 e. The fourth-order valence-electron chi connectivity index (χ4n) is 2.45. The van der Waals surface area contributed by atoms with Gasteiger partial charge in [-0.15, -0.1) is 0 Å². The van der Waals surface area contributed by atoms with Gasteiger partial charge in [0.1, 0.15) is 0 Å². The van der Waals surface area contributed by atoms with Crippen molar-refractivity contribution >= 4 is 0 Å². The first kappa shape index (κ1) is 10.7. The summed E-state index contributed by atoms with van der Waals surface area (Å²) in [7, 11) is 1.76. The molecule has 1 saturated carbocycles. The van der Waals surface area contributed by atoms with Crippen LogP contribution in [0.5, 0.6) is 0 Å². The predicted octanol–water partition coefficient (Wildman–Crippen LogP) is 2.30. The fourth-order valence-corrected chi connectivity index (χ4v) is 2.45. The molecule has 0 saturated heterocycles. The lowest BCUT2D eigenvalue weighted by Gasteiger charge is -2.33. The summed E-state index contributed by atoms with van der Waals surface area (Å²) in [5.41, 5.74) is 7.43. The minimum atomic E-state index is 0.218. The maximum atomic E-state index is 6.00. The Morgan fingerprint density at radius 1 is 1.20 bits per heavy atom. The zero-order valence-corrected chi connectivity index (χ0v) is 9.23. The molecular formula is C13H19NO. The number of methoxy groups -OCH3 is 1. The van der Waals surface area contributed by atoms with E-state index in [1.54, 1.807) is 7.11 Å². The van der Waals surface area contributed by atoms with Crippen molar-refractivity contribution in [2.75, 3.05) is 7.11 Å². The second-order valence-electron chi connectivity index (χ2n) is 4.36. The van der Waals surface area contributed by atoms with Gasteiger partial charge in [0.2, 0.25) is 0 Å². The zero-order chi connectivity index (χ0) is 10.7. The van der Waals surface area contributed by atoms with Crippen molar-refractivity contribution in [1.82, 2.24) is 0 Å². The third-order valence-electron chi connectivity index (χ3n) is 3.42. The molecule has 0 aliphatic heterocycles. The van der Waals surface area contributed by atoms with Crippen molar-refractivity contribution in [3.05, 3.63) is 35.9 Å². The molecule has 15 heavy (non-hydrogen) atoms. The molecule has 1 fully saturated rings. The Bertz CT molecular complexity index is 299. The standard InChI is InChI=1S/C13H19NO/c1-15-13-9-11(7-8-12(13)14)10-5-3-2-4-6-10/h2-6,11-13H,7-9,14H2,1H3/t11-,12-,13-/m1/s1. The molecule has 0 bridgehead atoms. The molecule has 1 aliphatic carbocycles. The summed E-state index contributed by atoms with van der Waals surface area (Å²) in [5, 5.41) is 0. The maximum absolute atomic E-state index is 6.00. The molecule has 2 heteroatoms. The fraction of sp³-hybridized carbons (Fsp3) is 0.538. The Hall–Kier alpha value is -0.860. The maximum Gasteiger partial charge on any atom is 0.0727 e. The van der Waals surface area contributed by atoms with Gasteiger partial charge in [0.05, 0.1) is 6.10 Å². The van der Waals surface area contributed by atoms with Crippen LogP contribution in [0.4, 0.5) is 0 Å². The third-order valence-corrected chi connectivity index (χ3v) is 3.42. The van der Waals surface area contributed by atoms with E-state index < -0.39 is 0 Å². The van der Waals surface area contributed by atoms with Gasteiger partial charge < -0.3 is 10.5 Å². The van der Waals surface area contributed by atoms with Crippen molar-refractivity contribution in [2.45, 2.75) is 37.3 Å². The van der Waals surface area contributed by atoms with E-state index in [4.69, 9.17) is 10.5 Å². The van der Waals surface area contributed by atoms with Gasteiger partial charge >= 0.3 is 0 Å². The molecule has 0 amide bonds. The first-order chi connectivity index (χ1) is 7.31. The normalized spacial score (nSPS) is 31.5. The molecule has 0 radical (unpaired) electrons. The van der Waals surface area contributed by atoms with Crippen LogP contribution >= 0.6 is 0 Å². The number of ether oxygens (including phenoxy) is 1. The molecule has 1 aliphatic rings. The van der Waals surface area contributed by atoms with Gasteiger partial charge in [0, 0.05) is 13.2 Å². The second-order valence-corrected chi connectivity index (χ2v) is 4.36. The van der Waals surface area contributed by atoms with E-state index in [0.717, 1.165) is 12.8 Å². The number of hydrogen-bond donors (Lipinski definition) is 1. The number of hydrogen-bond acceptors (Lipinski definition) is 2. The van der Waals surface area contributed by atoms with Gasteiger partial charge in [-0.2, -0.15) is 0 Å². The Kier molecular flexibility index (Phi) is 3.39. The van der Waals surface area contributed by atoms with Gasteiger partial charge in [0.15, 0.2) is 0 Å². The minimum absolute atomic E-state index is 0.218. The van der Waals surface area contributed by atoms with Crippen LogP contribution in [0.3, 0.4) is 0 Å². The van der Waals surface area contributed by atoms with E-state index in [9.17, 15) is 0 Å². The lowest BCUT2D eigenvalue weighted by atomic mass is 9.80. The van der Waals surface area contributed by atoms with E-state index in [0.29, 0.717) is 5.92 Å². The molecule has 0 spiro atoms. The lowest BCUT2D eigenvalue weighted by Crippen LogP contribution is -2.40. The van der Waals surface area contributed by atoms with Crippen LogP contribution in [0.25, 0.3) is 0 Å². The number of nitrogens with two attached hydrogens (primary N) is 1.